The summed E-state index contributed by atoms with van der Waals surface area (Å²) in [6, 6.07) is -0.737. The third-order valence-electron chi connectivity index (χ3n) is 2.63. The van der Waals surface area contributed by atoms with E-state index in [1.807, 2.05) is 0 Å². The van der Waals surface area contributed by atoms with E-state index in [1.54, 1.807) is 13.3 Å². The van der Waals surface area contributed by atoms with E-state index >= 15 is 0 Å². The van der Waals surface area contributed by atoms with Crippen LogP contribution in [-0.2, 0) is 22.5 Å². The predicted octanol–water partition coefficient (Wildman–Crippen LogP) is 0.814. The molecule has 0 bridgehead atoms. The molecule has 0 amide bonds. The average Bonchev–Trinajstić information content (AvgIpc) is 2.77. The predicted molar refractivity (Wildman–Crippen MR) is 61.4 cm³/mol. The summed E-state index contributed by atoms with van der Waals surface area (Å²) in [5, 5.41) is 0. The van der Waals surface area contributed by atoms with E-state index in [9.17, 15) is 4.79 Å². The van der Waals surface area contributed by atoms with Gasteiger partial charge in [-0.25, -0.2) is 9.78 Å². The molecule has 1 aromatic heterocycles. The lowest BCUT2D eigenvalue weighted by Crippen LogP contribution is -2.25. The Hall–Kier alpha value is -1.07. The van der Waals surface area contributed by atoms with E-state index in [2.05, 4.69) is 9.55 Å². The number of aromatic nitrogens is 2. The lowest BCUT2D eigenvalue weighted by atomic mass is 10.1. The molecule has 0 saturated heterocycles. The molecule has 1 aliphatic rings. The molecule has 0 saturated carbocycles. The highest BCUT2D eigenvalue weighted by Crippen LogP contribution is 2.22. The molecule has 2 N–H and O–H groups in total. The molecule has 0 spiro atoms. The van der Waals surface area contributed by atoms with Gasteiger partial charge in [-0.15, -0.1) is 12.4 Å². The summed E-state index contributed by atoms with van der Waals surface area (Å²) < 4.78 is 6.92. The number of hydrogen-bond acceptors (Lipinski definition) is 4. The number of ether oxygens (including phenoxy) is 1. The summed E-state index contributed by atoms with van der Waals surface area (Å²) in [7, 11) is 0. The van der Waals surface area contributed by atoms with Crippen molar-refractivity contribution in [3.8, 4) is 0 Å². The Morgan fingerprint density at radius 2 is 2.50 bits per heavy atom. The molecule has 0 aromatic carbocycles. The zero-order chi connectivity index (χ0) is 10.8. The van der Waals surface area contributed by atoms with E-state index in [0.29, 0.717) is 12.3 Å². The first-order valence-corrected chi connectivity index (χ1v) is 5.20. The van der Waals surface area contributed by atoms with E-state index in [4.69, 9.17) is 10.5 Å². The third kappa shape index (κ3) is 2.20. The van der Waals surface area contributed by atoms with Crippen LogP contribution in [0.5, 0.6) is 0 Å². The van der Waals surface area contributed by atoms with Gasteiger partial charge in [0.05, 0.1) is 18.6 Å². The second-order valence-corrected chi connectivity index (χ2v) is 3.60. The molecule has 6 heteroatoms. The fourth-order valence-electron chi connectivity index (χ4n) is 1.91. The van der Waals surface area contributed by atoms with Gasteiger partial charge in [-0.3, -0.25) is 0 Å². The number of esters is 1. The summed E-state index contributed by atoms with van der Waals surface area (Å²) in [5.41, 5.74) is 7.54. The summed E-state index contributed by atoms with van der Waals surface area (Å²) >= 11 is 0. The van der Waals surface area contributed by atoms with Crippen molar-refractivity contribution in [1.29, 1.82) is 0 Å². The number of aryl methyl sites for hydroxylation is 1. The molecule has 2 heterocycles. The monoisotopic (exact) mass is 245 g/mol. The van der Waals surface area contributed by atoms with E-state index in [-0.39, 0.29) is 12.4 Å². The van der Waals surface area contributed by atoms with Crippen molar-refractivity contribution in [3.05, 3.63) is 17.7 Å². The zero-order valence-electron chi connectivity index (χ0n) is 9.18. The van der Waals surface area contributed by atoms with Crippen LogP contribution in [-0.4, -0.2) is 22.1 Å². The number of halogens is 1. The molecule has 16 heavy (non-hydrogen) atoms. The Morgan fingerprint density at radius 3 is 3.19 bits per heavy atom. The number of fused-ring (bicyclic) bond motifs is 1. The van der Waals surface area contributed by atoms with Gasteiger partial charge >= 0.3 is 5.97 Å². The smallest absolute Gasteiger partial charge is 0.329 e. The molecule has 0 radical (unpaired) electrons. The van der Waals surface area contributed by atoms with Crippen LogP contribution < -0.4 is 5.73 Å². The van der Waals surface area contributed by atoms with Crippen molar-refractivity contribution in [1.82, 2.24) is 9.55 Å². The normalized spacial score (nSPS) is 15.1. The minimum atomic E-state index is -0.737. The van der Waals surface area contributed by atoms with Crippen molar-refractivity contribution in [2.45, 2.75) is 32.4 Å². The quantitative estimate of drug-likeness (QED) is 0.801. The second-order valence-electron chi connectivity index (χ2n) is 3.60. The first-order chi connectivity index (χ1) is 7.24. The molecule has 5 nitrogen and oxygen atoms in total. The number of carbonyl (C=O) groups excluding carboxylic acids is 1. The molecule has 1 atom stereocenters. The summed E-state index contributed by atoms with van der Waals surface area (Å²) in [6.45, 7) is 3.09. The molecular formula is C10H16ClN3O2. The molecule has 1 unspecified atom stereocenters. The fourth-order valence-corrected chi connectivity index (χ4v) is 1.91. The lowest BCUT2D eigenvalue weighted by molar-refractivity contribution is -0.144. The number of nitrogens with two attached hydrogens (primary N) is 1. The lowest BCUT2D eigenvalue weighted by Gasteiger charge is -2.09. The van der Waals surface area contributed by atoms with Gasteiger partial charge in [-0.2, -0.15) is 0 Å². The van der Waals surface area contributed by atoms with Crippen LogP contribution in [0.15, 0.2) is 6.33 Å². The minimum Gasteiger partial charge on any atom is -0.465 e. The molecule has 1 aliphatic heterocycles. The number of rotatable bonds is 3. The van der Waals surface area contributed by atoms with Crippen molar-refractivity contribution in [2.24, 2.45) is 5.73 Å². The third-order valence-corrected chi connectivity index (χ3v) is 2.63. The summed E-state index contributed by atoms with van der Waals surface area (Å²) in [6.07, 6.45) is 3.79. The first-order valence-electron chi connectivity index (χ1n) is 5.20. The van der Waals surface area contributed by atoms with Crippen LogP contribution in [0.2, 0.25) is 0 Å². The highest BCUT2D eigenvalue weighted by Gasteiger charge is 2.26. The van der Waals surface area contributed by atoms with Crippen molar-refractivity contribution in [3.63, 3.8) is 0 Å². The van der Waals surface area contributed by atoms with Gasteiger partial charge in [0.1, 0.15) is 6.04 Å². The van der Waals surface area contributed by atoms with Crippen LogP contribution in [0.25, 0.3) is 0 Å². The van der Waals surface area contributed by atoms with Gasteiger partial charge in [0.15, 0.2) is 0 Å². The molecule has 1 aromatic rings. The highest BCUT2D eigenvalue weighted by atomic mass is 35.5. The van der Waals surface area contributed by atoms with Crippen LogP contribution in [0, 0.1) is 0 Å². The summed E-state index contributed by atoms with van der Waals surface area (Å²) in [4.78, 5) is 15.6. The fraction of sp³-hybridized carbons (Fsp3) is 0.600. The Balaban J connectivity index is 0.00000128. The van der Waals surface area contributed by atoms with Gasteiger partial charge in [0, 0.05) is 12.2 Å². The van der Waals surface area contributed by atoms with Gasteiger partial charge in [-0.1, -0.05) is 0 Å². The minimum absolute atomic E-state index is 0. The van der Waals surface area contributed by atoms with E-state index < -0.39 is 12.0 Å². The maximum absolute atomic E-state index is 11.4. The maximum Gasteiger partial charge on any atom is 0.329 e. The number of imidazole rings is 1. The Bertz CT molecular complexity index is 378. The Labute approximate surface area is 100 Å². The first kappa shape index (κ1) is 13.0. The topological polar surface area (TPSA) is 70.1 Å². The molecule has 0 fully saturated rings. The van der Waals surface area contributed by atoms with Crippen LogP contribution in [0.4, 0.5) is 0 Å². The van der Waals surface area contributed by atoms with Gasteiger partial charge < -0.3 is 15.0 Å². The average molecular weight is 246 g/mol. The highest BCUT2D eigenvalue weighted by molar-refractivity contribution is 5.85. The number of nitrogens with zero attached hydrogens (tertiary/aromatic N) is 2. The van der Waals surface area contributed by atoms with E-state index in [1.165, 1.54) is 0 Å². The number of hydrogen-bond donors (Lipinski definition) is 1. The van der Waals surface area contributed by atoms with E-state index in [0.717, 1.165) is 25.1 Å². The van der Waals surface area contributed by atoms with Gasteiger partial charge in [0.25, 0.3) is 0 Å². The van der Waals surface area contributed by atoms with Gasteiger partial charge in [0.2, 0.25) is 0 Å². The molecule has 90 valence electrons. The largest absolute Gasteiger partial charge is 0.465 e. The van der Waals surface area contributed by atoms with Crippen molar-refractivity contribution in [2.75, 3.05) is 6.61 Å². The SMILES string of the molecule is CCOC(=O)C(N)c1ncn2c1CCC2.Cl. The molecule has 2 rings (SSSR count). The summed E-state index contributed by atoms with van der Waals surface area (Å²) in [5.74, 6) is -0.397. The maximum atomic E-state index is 11.4. The molecular weight excluding hydrogens is 230 g/mol. The van der Waals surface area contributed by atoms with Crippen LogP contribution in [0.1, 0.15) is 30.8 Å². The van der Waals surface area contributed by atoms with Crippen LogP contribution in [0.3, 0.4) is 0 Å². The molecule has 0 aliphatic carbocycles. The Kier molecular flexibility index (Phi) is 4.32. The Morgan fingerprint density at radius 1 is 1.75 bits per heavy atom. The van der Waals surface area contributed by atoms with Crippen molar-refractivity contribution < 1.29 is 9.53 Å². The standard InChI is InChI=1S/C10H15N3O2.ClH/c1-2-15-10(14)8(11)9-7-4-3-5-13(7)6-12-9;/h6,8H,2-5,11H2,1H3;1H. The second kappa shape index (κ2) is 5.32. The number of carbonyl (C=O) groups is 1. The van der Waals surface area contributed by atoms with Crippen LogP contribution >= 0.6 is 12.4 Å². The van der Waals surface area contributed by atoms with Crippen molar-refractivity contribution >= 4 is 18.4 Å². The van der Waals surface area contributed by atoms with Gasteiger partial charge in [-0.05, 0) is 19.8 Å². The zero-order valence-corrected chi connectivity index (χ0v) is 10.00.